The Hall–Kier alpha value is -6.81. The van der Waals surface area contributed by atoms with Gasteiger partial charge in [0, 0.05) is 30.6 Å². The van der Waals surface area contributed by atoms with Crippen molar-refractivity contribution in [3.05, 3.63) is 148 Å². The fourth-order valence-electron chi connectivity index (χ4n) is 12.5. The topological polar surface area (TPSA) is 166 Å². The minimum Gasteiger partial charge on any atom is -0.418 e. The number of anilines is 1. The maximum Gasteiger partial charge on any atom is 0.247 e. The SMILES string of the molecule is CC(=O)Nc1ccnc([C@@]23CC[C@@H](c4cc(-c5c(F)ccc(C6C[C@]7(c8cc(-c9nnc(CO)o9)ccn8)c8nnc(-c9c(F)cccc9F)cc8[C@H]6C7(C)C)c5F)nnc42)C3(C)C)c1. The number of carbonyl (C=O) groups is 1. The van der Waals surface area contributed by atoms with Gasteiger partial charge in [0.25, 0.3) is 0 Å². The van der Waals surface area contributed by atoms with E-state index in [1.54, 1.807) is 42.7 Å². The molecule has 5 aromatic heterocycles. The first-order chi connectivity index (χ1) is 31.1. The summed E-state index contributed by atoms with van der Waals surface area (Å²) in [6.07, 6.45) is 5.02. The highest BCUT2D eigenvalue weighted by Crippen LogP contribution is 2.74. The second-order valence-electron chi connectivity index (χ2n) is 18.8. The summed E-state index contributed by atoms with van der Waals surface area (Å²) in [5.74, 6) is -4.44. The van der Waals surface area contributed by atoms with E-state index in [2.05, 4.69) is 39.6 Å². The highest BCUT2D eigenvalue weighted by atomic mass is 19.1. The lowest BCUT2D eigenvalue weighted by molar-refractivity contribution is -0.114. The van der Waals surface area contributed by atoms with Gasteiger partial charge in [0.15, 0.2) is 0 Å². The number of hydrogen-bond acceptors (Lipinski definition) is 11. The van der Waals surface area contributed by atoms with Gasteiger partial charge in [-0.15, -0.1) is 20.4 Å². The zero-order chi connectivity index (χ0) is 45.4. The monoisotopic (exact) mass is 879 g/mol. The maximum absolute atomic E-state index is 17.8. The molecule has 1 unspecified atom stereocenters. The van der Waals surface area contributed by atoms with E-state index in [-0.39, 0.29) is 58.1 Å². The Labute approximate surface area is 370 Å². The van der Waals surface area contributed by atoms with Gasteiger partial charge in [-0.05, 0) is 119 Å². The van der Waals surface area contributed by atoms with Crippen LogP contribution >= 0.6 is 0 Å². The number of hydrogen-bond donors (Lipinski definition) is 2. The molecule has 12 nitrogen and oxygen atoms in total. The van der Waals surface area contributed by atoms with Crippen LogP contribution in [0.5, 0.6) is 0 Å². The molecule has 328 valence electrons. The Balaban J connectivity index is 1.05. The lowest BCUT2D eigenvalue weighted by atomic mass is 9.66. The standard InChI is InChI=1S/C49H41F4N9O3/c1-23(64)56-25-13-16-55-37(18-25)48-14-11-30(46(48,2)3)27-19-35(58-60-43(27)48)40-33(52)10-9-26(42(40)53)29-21-49(36-17-24(12-15-54-36)45-62-59-38(22-63)65-45)44-28(41(29)47(49,4)5)20-34(57-61-44)39-31(50)7-6-8-32(39)51/h6-10,12-13,15-20,29-30,41,63H,11,14,21-22H2,1-5H3,(H,55,56,64)/t29?,30-,41+,48-,49-/m0/s1. The summed E-state index contributed by atoms with van der Waals surface area (Å²) in [4.78, 5) is 21.6. The van der Waals surface area contributed by atoms with Crippen molar-refractivity contribution in [3.8, 4) is 34.0 Å². The molecule has 1 amide bonds. The molecule has 7 aromatic rings. The van der Waals surface area contributed by atoms with Crippen LogP contribution in [0, 0.1) is 34.1 Å². The first kappa shape index (κ1) is 40.9. The molecule has 65 heavy (non-hydrogen) atoms. The highest BCUT2D eigenvalue weighted by molar-refractivity contribution is 5.88. The van der Waals surface area contributed by atoms with E-state index in [0.29, 0.717) is 33.9 Å². The zero-order valence-corrected chi connectivity index (χ0v) is 35.9. The summed E-state index contributed by atoms with van der Waals surface area (Å²) in [5, 5.41) is 38.9. The Morgan fingerprint density at radius 1 is 0.738 bits per heavy atom. The number of aliphatic hydroxyl groups excluding tert-OH is 1. The van der Waals surface area contributed by atoms with Gasteiger partial charge >= 0.3 is 0 Å². The number of carbonyl (C=O) groups excluding carboxylic acids is 1. The summed E-state index contributed by atoms with van der Waals surface area (Å²) in [7, 11) is 0. The molecule has 2 aromatic carbocycles. The number of rotatable bonds is 8. The Morgan fingerprint density at radius 2 is 1.40 bits per heavy atom. The van der Waals surface area contributed by atoms with Gasteiger partial charge < -0.3 is 14.8 Å². The summed E-state index contributed by atoms with van der Waals surface area (Å²) in [5.41, 5.74) is 1.74. The predicted octanol–water partition coefficient (Wildman–Crippen LogP) is 9.25. The molecule has 4 aliphatic carbocycles. The molecule has 2 fully saturated rings. The number of fused-ring (bicyclic) bond motifs is 10. The third-order valence-corrected chi connectivity index (χ3v) is 15.3. The Morgan fingerprint density at radius 3 is 2.11 bits per heavy atom. The number of aromatic nitrogens is 8. The Kier molecular flexibility index (Phi) is 8.87. The van der Waals surface area contributed by atoms with Gasteiger partial charge in [-0.3, -0.25) is 14.8 Å². The van der Waals surface area contributed by atoms with E-state index in [4.69, 9.17) is 24.6 Å². The quantitative estimate of drug-likeness (QED) is 0.140. The summed E-state index contributed by atoms with van der Waals surface area (Å²) in [6, 6.07) is 16.7. The molecule has 0 radical (unpaired) electrons. The zero-order valence-electron chi connectivity index (χ0n) is 35.9. The first-order valence-electron chi connectivity index (χ1n) is 21.5. The molecule has 4 bridgehead atoms. The number of nitrogens with zero attached hydrogens (tertiary/aromatic N) is 8. The molecule has 0 aliphatic heterocycles. The van der Waals surface area contributed by atoms with Crippen LogP contribution in [-0.4, -0.2) is 51.6 Å². The van der Waals surface area contributed by atoms with E-state index >= 15 is 17.6 Å². The van der Waals surface area contributed by atoms with E-state index in [1.807, 2.05) is 19.9 Å². The molecule has 16 heteroatoms. The number of benzene rings is 2. The Bertz CT molecular complexity index is 3140. The van der Waals surface area contributed by atoms with Crippen molar-refractivity contribution in [2.45, 2.75) is 89.1 Å². The van der Waals surface area contributed by atoms with Gasteiger partial charge in [-0.2, -0.15) is 10.2 Å². The molecular formula is C49H41F4N9O3. The number of nitrogens with one attached hydrogen (secondary N) is 1. The van der Waals surface area contributed by atoms with Crippen LogP contribution in [0.2, 0.25) is 0 Å². The van der Waals surface area contributed by atoms with E-state index in [1.165, 1.54) is 25.1 Å². The molecule has 0 saturated heterocycles. The maximum atomic E-state index is 17.8. The van der Waals surface area contributed by atoms with Gasteiger partial charge in [-0.25, -0.2) is 17.6 Å². The second kappa shape index (κ2) is 14.1. The fourth-order valence-corrected chi connectivity index (χ4v) is 12.5. The summed E-state index contributed by atoms with van der Waals surface area (Å²) >= 11 is 0. The van der Waals surface area contributed by atoms with Gasteiger partial charge in [0.05, 0.1) is 56.1 Å². The fraction of sp³-hybridized carbons (Fsp3) is 0.327. The molecule has 5 heterocycles. The van der Waals surface area contributed by atoms with Crippen LogP contribution in [0.3, 0.4) is 0 Å². The number of aliphatic hydroxyl groups is 1. The van der Waals surface area contributed by atoms with Crippen LogP contribution in [0.1, 0.15) is 117 Å². The lowest BCUT2D eigenvalue weighted by Gasteiger charge is -2.37. The van der Waals surface area contributed by atoms with E-state index in [9.17, 15) is 9.90 Å². The van der Waals surface area contributed by atoms with Crippen molar-refractivity contribution in [2.24, 2.45) is 10.8 Å². The minimum absolute atomic E-state index is 0.0183. The van der Waals surface area contributed by atoms with Crippen LogP contribution in [0.25, 0.3) is 34.0 Å². The van der Waals surface area contributed by atoms with Crippen LogP contribution < -0.4 is 5.32 Å². The number of halogens is 4. The summed E-state index contributed by atoms with van der Waals surface area (Å²) < 4.78 is 70.4. The van der Waals surface area contributed by atoms with Crippen molar-refractivity contribution in [1.82, 2.24) is 40.6 Å². The predicted molar refractivity (Wildman–Crippen MR) is 228 cm³/mol. The molecule has 2 saturated carbocycles. The summed E-state index contributed by atoms with van der Waals surface area (Å²) in [6.45, 7) is 9.35. The van der Waals surface area contributed by atoms with Gasteiger partial charge in [0.1, 0.15) is 29.9 Å². The average Bonchev–Trinajstić information content (AvgIpc) is 4.02. The van der Waals surface area contributed by atoms with E-state index in [0.717, 1.165) is 36.2 Å². The molecule has 11 rings (SSSR count). The van der Waals surface area contributed by atoms with Crippen molar-refractivity contribution < 1.29 is 31.9 Å². The van der Waals surface area contributed by atoms with Gasteiger partial charge in [-0.1, -0.05) is 39.8 Å². The van der Waals surface area contributed by atoms with Crippen LogP contribution in [0.15, 0.2) is 83.5 Å². The lowest BCUT2D eigenvalue weighted by Crippen LogP contribution is -2.38. The normalized spacial score (nSPS) is 24.0. The van der Waals surface area contributed by atoms with E-state index < -0.39 is 63.4 Å². The molecule has 5 atom stereocenters. The van der Waals surface area contributed by atoms with Crippen molar-refractivity contribution in [2.75, 3.05) is 5.32 Å². The smallest absolute Gasteiger partial charge is 0.247 e. The number of pyridine rings is 2. The van der Waals surface area contributed by atoms with Crippen molar-refractivity contribution in [3.63, 3.8) is 0 Å². The number of amides is 1. The van der Waals surface area contributed by atoms with Crippen molar-refractivity contribution in [1.29, 1.82) is 0 Å². The third-order valence-electron chi connectivity index (χ3n) is 15.3. The molecule has 2 N–H and O–H groups in total. The van der Waals surface area contributed by atoms with Gasteiger partial charge in [0.2, 0.25) is 17.7 Å². The average molecular weight is 880 g/mol. The van der Waals surface area contributed by atoms with Crippen LogP contribution in [-0.2, 0) is 22.2 Å². The molecule has 4 aliphatic rings. The van der Waals surface area contributed by atoms with Crippen LogP contribution in [0.4, 0.5) is 23.2 Å². The largest absolute Gasteiger partial charge is 0.418 e. The molecular weight excluding hydrogens is 839 g/mol. The minimum atomic E-state index is -1.06. The third kappa shape index (κ3) is 5.49. The second-order valence-corrected chi connectivity index (χ2v) is 18.8. The van der Waals surface area contributed by atoms with Crippen molar-refractivity contribution >= 4 is 11.6 Å². The highest BCUT2D eigenvalue weighted by Gasteiger charge is 2.69. The first-order valence-corrected chi connectivity index (χ1v) is 21.5. The molecule has 0 spiro atoms.